The summed E-state index contributed by atoms with van der Waals surface area (Å²) in [5.41, 5.74) is 5.84. The molecular weight excluding hydrogens is 235 g/mol. The molecule has 0 fully saturated rings. The van der Waals surface area contributed by atoms with Crippen molar-refractivity contribution in [3.05, 3.63) is 29.6 Å². The molecule has 2 atom stereocenters. The highest BCUT2D eigenvalue weighted by molar-refractivity contribution is 5.81. The van der Waals surface area contributed by atoms with E-state index in [1.54, 1.807) is 6.07 Å². The Hall–Kier alpha value is -1.62. The van der Waals surface area contributed by atoms with Crippen molar-refractivity contribution in [2.24, 2.45) is 5.73 Å². The Morgan fingerprint density at radius 2 is 2.22 bits per heavy atom. The minimum Gasteiger partial charge on any atom is -0.494 e. The fourth-order valence-electron chi connectivity index (χ4n) is 1.61. The van der Waals surface area contributed by atoms with Crippen LogP contribution in [-0.4, -0.2) is 19.1 Å². The predicted octanol–water partition coefficient (Wildman–Crippen LogP) is 1.75. The monoisotopic (exact) mass is 254 g/mol. The standard InChI is InChI=1S/C13H19FN2O2/c1-4-8(2)16-12(13(15)17)9-5-6-11(18-3)10(14)7-9/h5-8,12,16H,4H2,1-3H3,(H2,15,17). The van der Waals surface area contributed by atoms with Gasteiger partial charge < -0.3 is 10.5 Å². The second-order valence-electron chi connectivity index (χ2n) is 4.21. The number of ether oxygens (including phenoxy) is 1. The zero-order chi connectivity index (χ0) is 13.7. The number of hydrogen-bond donors (Lipinski definition) is 2. The van der Waals surface area contributed by atoms with Gasteiger partial charge in [0, 0.05) is 6.04 Å². The number of nitrogens with two attached hydrogens (primary N) is 1. The van der Waals surface area contributed by atoms with Crippen LogP contribution in [0.1, 0.15) is 31.9 Å². The second kappa shape index (κ2) is 6.35. The van der Waals surface area contributed by atoms with Gasteiger partial charge in [0.15, 0.2) is 11.6 Å². The van der Waals surface area contributed by atoms with Crippen LogP contribution in [0.3, 0.4) is 0 Å². The highest BCUT2D eigenvalue weighted by atomic mass is 19.1. The van der Waals surface area contributed by atoms with Crippen LogP contribution in [0.25, 0.3) is 0 Å². The van der Waals surface area contributed by atoms with Gasteiger partial charge in [0.25, 0.3) is 0 Å². The Kier molecular flexibility index (Phi) is 5.09. The number of rotatable bonds is 6. The third-order valence-corrected chi connectivity index (χ3v) is 2.86. The molecule has 0 saturated heterocycles. The summed E-state index contributed by atoms with van der Waals surface area (Å²) in [6, 6.07) is 3.81. The molecule has 2 unspecified atom stereocenters. The Bertz CT molecular complexity index is 423. The average Bonchev–Trinajstić information content (AvgIpc) is 2.35. The van der Waals surface area contributed by atoms with Crippen LogP contribution >= 0.6 is 0 Å². The van der Waals surface area contributed by atoms with E-state index in [0.717, 1.165) is 6.42 Å². The molecule has 0 aliphatic carbocycles. The van der Waals surface area contributed by atoms with Gasteiger partial charge in [0.1, 0.15) is 6.04 Å². The van der Waals surface area contributed by atoms with Gasteiger partial charge in [0.05, 0.1) is 7.11 Å². The fraction of sp³-hybridized carbons (Fsp3) is 0.462. The van der Waals surface area contributed by atoms with E-state index in [1.165, 1.54) is 19.2 Å². The Morgan fingerprint density at radius 1 is 1.56 bits per heavy atom. The van der Waals surface area contributed by atoms with Gasteiger partial charge in [-0.15, -0.1) is 0 Å². The topological polar surface area (TPSA) is 64.3 Å². The van der Waals surface area contributed by atoms with Crippen molar-refractivity contribution in [3.8, 4) is 5.75 Å². The lowest BCUT2D eigenvalue weighted by Gasteiger charge is -2.20. The van der Waals surface area contributed by atoms with Crippen LogP contribution in [0.2, 0.25) is 0 Å². The van der Waals surface area contributed by atoms with E-state index in [4.69, 9.17) is 10.5 Å². The highest BCUT2D eigenvalue weighted by Gasteiger charge is 2.20. The third kappa shape index (κ3) is 3.43. The molecule has 1 aromatic rings. The van der Waals surface area contributed by atoms with Crippen LogP contribution in [0.15, 0.2) is 18.2 Å². The van der Waals surface area contributed by atoms with Crippen molar-refractivity contribution in [2.45, 2.75) is 32.4 Å². The molecule has 0 bridgehead atoms. The van der Waals surface area contributed by atoms with Crippen molar-refractivity contribution < 1.29 is 13.9 Å². The normalized spacial score (nSPS) is 14.0. The van der Waals surface area contributed by atoms with Crippen molar-refractivity contribution in [1.82, 2.24) is 5.32 Å². The number of nitrogens with one attached hydrogen (secondary N) is 1. The number of halogens is 1. The lowest BCUT2D eigenvalue weighted by molar-refractivity contribution is -0.120. The van der Waals surface area contributed by atoms with Crippen LogP contribution in [0.5, 0.6) is 5.75 Å². The molecule has 18 heavy (non-hydrogen) atoms. The number of carbonyl (C=O) groups excluding carboxylic acids is 1. The van der Waals surface area contributed by atoms with E-state index in [1.807, 2.05) is 13.8 Å². The summed E-state index contributed by atoms with van der Waals surface area (Å²) < 4.78 is 18.4. The van der Waals surface area contributed by atoms with Gasteiger partial charge in [-0.2, -0.15) is 0 Å². The molecule has 0 aliphatic heterocycles. The summed E-state index contributed by atoms with van der Waals surface area (Å²) in [6.07, 6.45) is 0.850. The molecule has 0 aromatic heterocycles. The predicted molar refractivity (Wildman–Crippen MR) is 67.8 cm³/mol. The molecule has 4 nitrogen and oxygen atoms in total. The minimum absolute atomic E-state index is 0.118. The Balaban J connectivity index is 2.99. The van der Waals surface area contributed by atoms with Crippen LogP contribution < -0.4 is 15.8 Å². The number of primary amides is 1. The molecule has 3 N–H and O–H groups in total. The molecule has 0 aliphatic rings. The summed E-state index contributed by atoms with van der Waals surface area (Å²) in [6.45, 7) is 3.93. The van der Waals surface area contributed by atoms with E-state index in [-0.39, 0.29) is 11.8 Å². The van der Waals surface area contributed by atoms with Crippen molar-refractivity contribution in [3.63, 3.8) is 0 Å². The van der Waals surface area contributed by atoms with Gasteiger partial charge in [-0.25, -0.2) is 4.39 Å². The summed E-state index contributed by atoms with van der Waals surface area (Å²) in [5.74, 6) is -0.891. The van der Waals surface area contributed by atoms with Crippen LogP contribution in [0, 0.1) is 5.82 Å². The van der Waals surface area contributed by atoms with Crippen molar-refractivity contribution in [2.75, 3.05) is 7.11 Å². The molecule has 1 amide bonds. The van der Waals surface area contributed by atoms with Gasteiger partial charge in [0.2, 0.25) is 5.91 Å². The van der Waals surface area contributed by atoms with E-state index >= 15 is 0 Å². The van der Waals surface area contributed by atoms with Crippen LogP contribution in [0.4, 0.5) is 4.39 Å². The molecule has 0 spiro atoms. The van der Waals surface area contributed by atoms with E-state index < -0.39 is 17.8 Å². The van der Waals surface area contributed by atoms with Crippen molar-refractivity contribution >= 4 is 5.91 Å². The third-order valence-electron chi connectivity index (χ3n) is 2.86. The maximum absolute atomic E-state index is 13.6. The van der Waals surface area contributed by atoms with E-state index in [0.29, 0.717) is 5.56 Å². The van der Waals surface area contributed by atoms with E-state index in [9.17, 15) is 9.18 Å². The number of amides is 1. The maximum Gasteiger partial charge on any atom is 0.239 e. The SMILES string of the molecule is CCC(C)NC(C(N)=O)c1ccc(OC)c(F)c1. The Morgan fingerprint density at radius 3 is 2.67 bits per heavy atom. The lowest BCUT2D eigenvalue weighted by atomic mass is 10.0. The molecule has 5 heteroatoms. The van der Waals surface area contributed by atoms with Gasteiger partial charge in [-0.05, 0) is 31.0 Å². The number of hydrogen-bond acceptors (Lipinski definition) is 3. The first-order valence-corrected chi connectivity index (χ1v) is 5.88. The first-order chi connectivity index (χ1) is 8.49. The van der Waals surface area contributed by atoms with Crippen LogP contribution in [-0.2, 0) is 4.79 Å². The molecule has 100 valence electrons. The first kappa shape index (κ1) is 14.4. The largest absolute Gasteiger partial charge is 0.494 e. The second-order valence-corrected chi connectivity index (χ2v) is 4.21. The molecule has 1 aromatic carbocycles. The summed E-state index contributed by atoms with van der Waals surface area (Å²) >= 11 is 0. The molecular formula is C13H19FN2O2. The minimum atomic E-state index is -0.694. The molecule has 1 rings (SSSR count). The molecule has 0 heterocycles. The number of carbonyl (C=O) groups is 1. The molecule has 0 radical (unpaired) electrons. The first-order valence-electron chi connectivity index (χ1n) is 5.88. The van der Waals surface area contributed by atoms with Gasteiger partial charge in [-0.1, -0.05) is 13.0 Å². The summed E-state index contributed by atoms with van der Waals surface area (Å²) in [7, 11) is 1.39. The zero-order valence-electron chi connectivity index (χ0n) is 10.9. The summed E-state index contributed by atoms with van der Waals surface area (Å²) in [5, 5.41) is 3.07. The fourth-order valence-corrected chi connectivity index (χ4v) is 1.61. The Labute approximate surface area is 106 Å². The maximum atomic E-state index is 13.6. The molecule has 0 saturated carbocycles. The smallest absolute Gasteiger partial charge is 0.239 e. The number of benzene rings is 1. The zero-order valence-corrected chi connectivity index (χ0v) is 10.9. The van der Waals surface area contributed by atoms with E-state index in [2.05, 4.69) is 5.32 Å². The van der Waals surface area contributed by atoms with Gasteiger partial charge in [-0.3, -0.25) is 10.1 Å². The number of methoxy groups -OCH3 is 1. The van der Waals surface area contributed by atoms with Gasteiger partial charge >= 0.3 is 0 Å². The average molecular weight is 254 g/mol. The summed E-state index contributed by atoms with van der Waals surface area (Å²) in [4.78, 5) is 11.4. The highest BCUT2D eigenvalue weighted by Crippen LogP contribution is 2.22. The quantitative estimate of drug-likeness (QED) is 0.813. The van der Waals surface area contributed by atoms with Crippen molar-refractivity contribution in [1.29, 1.82) is 0 Å². The lowest BCUT2D eigenvalue weighted by Crippen LogP contribution is -2.38.